The second-order valence-electron chi connectivity index (χ2n) is 10.7. The first-order valence-electron chi connectivity index (χ1n) is 13.7. The summed E-state index contributed by atoms with van der Waals surface area (Å²) in [6.07, 6.45) is 4.06. The minimum atomic E-state index is -0.321. The molecule has 202 valence electrons. The quantitative estimate of drug-likeness (QED) is 0.578. The second-order valence-corrected chi connectivity index (χ2v) is 10.7. The van der Waals surface area contributed by atoms with Crippen molar-refractivity contribution in [2.45, 2.75) is 51.4 Å². The van der Waals surface area contributed by atoms with Crippen molar-refractivity contribution >= 4 is 17.7 Å². The molecule has 2 saturated heterocycles. The Kier molecular flexibility index (Phi) is 7.98. The molecule has 0 spiro atoms. The normalized spacial score (nSPS) is 19.6. The minimum Gasteiger partial charge on any atom is -0.464 e. The number of hydrogen-bond donors (Lipinski definition) is 0. The molecule has 0 saturated carbocycles. The predicted octanol–water partition coefficient (Wildman–Crippen LogP) is 3.93. The Morgan fingerprint density at radius 3 is 2.08 bits per heavy atom. The standard InChI is InChI=1S/C30H37N3O5/c1-31(2)29(36)22-7-5-21(6-8-22)24-9-10-26-25(19-24)20-37-30(38-26)23-13-17-33(18-14-23)28(35)12-11-27(34)32-15-3-4-16-32/h5-10,19,23,30H,3-4,11-18,20H2,1-2H3. The lowest BCUT2D eigenvalue weighted by Gasteiger charge is -2.37. The summed E-state index contributed by atoms with van der Waals surface area (Å²) >= 11 is 0. The van der Waals surface area contributed by atoms with E-state index in [-0.39, 0.29) is 29.9 Å². The zero-order valence-electron chi connectivity index (χ0n) is 22.4. The van der Waals surface area contributed by atoms with Crippen LogP contribution in [0, 0.1) is 5.92 Å². The van der Waals surface area contributed by atoms with Gasteiger partial charge in [-0.25, -0.2) is 0 Å². The summed E-state index contributed by atoms with van der Waals surface area (Å²) in [5, 5.41) is 0. The highest BCUT2D eigenvalue weighted by atomic mass is 16.7. The molecule has 3 aliphatic rings. The molecule has 3 heterocycles. The fourth-order valence-corrected chi connectivity index (χ4v) is 5.53. The van der Waals surface area contributed by atoms with Gasteiger partial charge in [-0.05, 0) is 61.1 Å². The van der Waals surface area contributed by atoms with Gasteiger partial charge in [0, 0.05) is 70.2 Å². The lowest BCUT2D eigenvalue weighted by molar-refractivity contribution is -0.154. The number of ether oxygens (including phenoxy) is 2. The zero-order valence-corrected chi connectivity index (χ0v) is 22.4. The van der Waals surface area contributed by atoms with Crippen LogP contribution in [0.4, 0.5) is 0 Å². The van der Waals surface area contributed by atoms with Crippen LogP contribution in [-0.2, 0) is 20.9 Å². The highest BCUT2D eigenvalue weighted by Crippen LogP contribution is 2.35. The number of amides is 3. The largest absolute Gasteiger partial charge is 0.464 e. The Morgan fingerprint density at radius 1 is 0.842 bits per heavy atom. The lowest BCUT2D eigenvalue weighted by Crippen LogP contribution is -2.44. The summed E-state index contributed by atoms with van der Waals surface area (Å²) in [6, 6.07) is 13.7. The van der Waals surface area contributed by atoms with E-state index in [1.807, 2.05) is 46.2 Å². The molecule has 1 atom stereocenters. The summed E-state index contributed by atoms with van der Waals surface area (Å²) < 4.78 is 12.4. The third kappa shape index (κ3) is 5.85. The van der Waals surface area contributed by atoms with Crippen molar-refractivity contribution < 1.29 is 23.9 Å². The van der Waals surface area contributed by atoms with E-state index in [0.29, 0.717) is 38.1 Å². The molecule has 2 aromatic rings. The Hall–Kier alpha value is -3.39. The number of fused-ring (bicyclic) bond motifs is 1. The molecule has 3 aliphatic heterocycles. The monoisotopic (exact) mass is 519 g/mol. The van der Waals surface area contributed by atoms with Crippen LogP contribution in [0.3, 0.4) is 0 Å². The first kappa shape index (κ1) is 26.2. The molecule has 38 heavy (non-hydrogen) atoms. The summed E-state index contributed by atoms with van der Waals surface area (Å²) in [5.74, 6) is 1.22. The fraction of sp³-hybridized carbons (Fsp3) is 0.500. The molecule has 2 fully saturated rings. The van der Waals surface area contributed by atoms with E-state index >= 15 is 0 Å². The number of carbonyl (C=O) groups is 3. The Morgan fingerprint density at radius 2 is 1.45 bits per heavy atom. The average molecular weight is 520 g/mol. The van der Waals surface area contributed by atoms with E-state index in [4.69, 9.17) is 9.47 Å². The molecule has 0 radical (unpaired) electrons. The maximum absolute atomic E-state index is 12.7. The Balaban J connectivity index is 1.12. The van der Waals surface area contributed by atoms with Crippen molar-refractivity contribution in [2.24, 2.45) is 5.92 Å². The molecular weight excluding hydrogens is 482 g/mol. The number of hydrogen-bond acceptors (Lipinski definition) is 5. The van der Waals surface area contributed by atoms with Crippen LogP contribution in [0.25, 0.3) is 11.1 Å². The van der Waals surface area contributed by atoms with Gasteiger partial charge in [0.1, 0.15) is 5.75 Å². The molecule has 5 rings (SSSR count). The van der Waals surface area contributed by atoms with Gasteiger partial charge in [0.15, 0.2) is 0 Å². The van der Waals surface area contributed by atoms with Crippen LogP contribution >= 0.6 is 0 Å². The first-order valence-corrected chi connectivity index (χ1v) is 13.7. The van der Waals surface area contributed by atoms with Crippen molar-refractivity contribution in [1.29, 1.82) is 0 Å². The van der Waals surface area contributed by atoms with Crippen LogP contribution in [0.1, 0.15) is 54.4 Å². The summed E-state index contributed by atoms with van der Waals surface area (Å²) in [6.45, 7) is 3.47. The molecule has 0 aliphatic carbocycles. The molecular formula is C30H37N3O5. The number of benzene rings is 2. The molecule has 0 N–H and O–H groups in total. The summed E-state index contributed by atoms with van der Waals surface area (Å²) in [5.41, 5.74) is 3.75. The smallest absolute Gasteiger partial charge is 0.253 e. The van der Waals surface area contributed by atoms with Gasteiger partial charge in [-0.2, -0.15) is 0 Å². The third-order valence-corrected chi connectivity index (χ3v) is 7.87. The van der Waals surface area contributed by atoms with Crippen LogP contribution in [0.15, 0.2) is 42.5 Å². The van der Waals surface area contributed by atoms with Gasteiger partial charge in [-0.3, -0.25) is 14.4 Å². The maximum atomic E-state index is 12.7. The Labute approximate surface area is 224 Å². The van der Waals surface area contributed by atoms with Crippen molar-refractivity contribution in [3.8, 4) is 16.9 Å². The van der Waals surface area contributed by atoms with E-state index in [0.717, 1.165) is 61.2 Å². The third-order valence-electron chi connectivity index (χ3n) is 7.87. The second kappa shape index (κ2) is 11.6. The topological polar surface area (TPSA) is 79.4 Å². The minimum absolute atomic E-state index is 0.0161. The predicted molar refractivity (Wildman–Crippen MR) is 143 cm³/mol. The van der Waals surface area contributed by atoms with E-state index in [1.54, 1.807) is 19.0 Å². The molecule has 8 heteroatoms. The van der Waals surface area contributed by atoms with Gasteiger partial charge in [0.25, 0.3) is 5.91 Å². The van der Waals surface area contributed by atoms with E-state index in [9.17, 15) is 14.4 Å². The van der Waals surface area contributed by atoms with Crippen molar-refractivity contribution in [2.75, 3.05) is 40.3 Å². The number of carbonyl (C=O) groups excluding carboxylic acids is 3. The van der Waals surface area contributed by atoms with Crippen molar-refractivity contribution in [3.63, 3.8) is 0 Å². The molecule has 8 nitrogen and oxygen atoms in total. The van der Waals surface area contributed by atoms with Gasteiger partial charge >= 0.3 is 0 Å². The summed E-state index contributed by atoms with van der Waals surface area (Å²) in [4.78, 5) is 42.4. The van der Waals surface area contributed by atoms with Crippen molar-refractivity contribution in [3.05, 3.63) is 53.6 Å². The molecule has 3 amide bonds. The average Bonchev–Trinajstić information content (AvgIpc) is 3.50. The fourth-order valence-electron chi connectivity index (χ4n) is 5.53. The molecule has 1 unspecified atom stereocenters. The van der Waals surface area contributed by atoms with Crippen LogP contribution in [0.2, 0.25) is 0 Å². The maximum Gasteiger partial charge on any atom is 0.253 e. The van der Waals surface area contributed by atoms with Crippen LogP contribution in [-0.4, -0.2) is 79.0 Å². The van der Waals surface area contributed by atoms with Gasteiger partial charge in [0.05, 0.1) is 6.61 Å². The van der Waals surface area contributed by atoms with Crippen LogP contribution in [0.5, 0.6) is 5.75 Å². The Bertz CT molecular complexity index is 1160. The SMILES string of the molecule is CN(C)C(=O)c1ccc(-c2ccc3c(c2)COC(C2CCN(C(=O)CCC(=O)N4CCCC4)CC2)O3)cc1. The number of rotatable bonds is 6. The molecule has 2 aromatic carbocycles. The van der Waals surface area contributed by atoms with E-state index in [1.165, 1.54) is 0 Å². The molecule has 0 bridgehead atoms. The first-order chi connectivity index (χ1) is 18.4. The van der Waals surface area contributed by atoms with Gasteiger partial charge in [-0.1, -0.05) is 18.2 Å². The highest BCUT2D eigenvalue weighted by molar-refractivity contribution is 5.94. The summed E-state index contributed by atoms with van der Waals surface area (Å²) in [7, 11) is 3.49. The number of piperidine rings is 1. The number of likely N-dealkylation sites (tertiary alicyclic amines) is 2. The van der Waals surface area contributed by atoms with E-state index < -0.39 is 0 Å². The van der Waals surface area contributed by atoms with E-state index in [2.05, 4.69) is 6.07 Å². The zero-order chi connectivity index (χ0) is 26.6. The number of nitrogens with zero attached hydrogens (tertiary/aromatic N) is 3. The molecule has 0 aromatic heterocycles. The van der Waals surface area contributed by atoms with Gasteiger partial charge in [-0.15, -0.1) is 0 Å². The van der Waals surface area contributed by atoms with Gasteiger partial charge in [0.2, 0.25) is 18.1 Å². The highest BCUT2D eigenvalue weighted by Gasteiger charge is 2.33. The van der Waals surface area contributed by atoms with Gasteiger partial charge < -0.3 is 24.2 Å². The van der Waals surface area contributed by atoms with Crippen molar-refractivity contribution in [1.82, 2.24) is 14.7 Å². The lowest BCUT2D eigenvalue weighted by atomic mass is 9.95. The van der Waals surface area contributed by atoms with Crippen LogP contribution < -0.4 is 4.74 Å².